The molecular weight excluding hydrogens is 911 g/mol. The topological polar surface area (TPSA) is 221 Å². The van der Waals surface area contributed by atoms with Gasteiger partial charge in [0.05, 0.1) is 46.4 Å². The molecule has 0 aliphatic rings. The van der Waals surface area contributed by atoms with Crippen LogP contribution in [0.25, 0.3) is 0 Å². The number of carbonyl (C=O) groups excluding carboxylic acids is 4. The summed E-state index contributed by atoms with van der Waals surface area (Å²) in [5.74, 6) is -0.616. The van der Waals surface area contributed by atoms with Gasteiger partial charge in [0.2, 0.25) is 0 Å². The summed E-state index contributed by atoms with van der Waals surface area (Å²) < 4.78 is 24.0. The number of para-hydroxylation sites is 8. The van der Waals surface area contributed by atoms with Crippen molar-refractivity contribution in [3.05, 3.63) is 146 Å². The van der Waals surface area contributed by atoms with E-state index in [4.69, 9.17) is 18.9 Å². The first-order valence-electron chi connectivity index (χ1n) is 19.0. The fraction of sp³-hybridized carbons (Fsp3) is 0.0455. The Balaban J connectivity index is 0.000000194. The number of nitrogens with zero attached hydrogens (tertiary/aromatic N) is 4. The van der Waals surface area contributed by atoms with Crippen molar-refractivity contribution in [3.8, 4) is 34.5 Å². The predicted octanol–water partition coefficient (Wildman–Crippen LogP) is 9.46. The molecule has 8 rings (SSSR count). The van der Waals surface area contributed by atoms with Crippen molar-refractivity contribution in [1.82, 2.24) is 24.9 Å². The summed E-state index contributed by atoms with van der Waals surface area (Å²) in [5.41, 5.74) is 0.681. The maximum Gasteiger partial charge on any atom is 0.315 e. The molecule has 0 spiro atoms. The van der Waals surface area contributed by atoms with Crippen molar-refractivity contribution < 1.29 is 38.1 Å². The lowest BCUT2D eigenvalue weighted by molar-refractivity contribution is -0.133. The molecule has 21 heteroatoms. The Morgan fingerprint density at radius 1 is 0.492 bits per heavy atom. The van der Waals surface area contributed by atoms with Crippen LogP contribution in [0.4, 0.5) is 21.6 Å². The Labute approximate surface area is 387 Å². The van der Waals surface area contributed by atoms with Gasteiger partial charge in [-0.3, -0.25) is 29.8 Å². The zero-order valence-electron chi connectivity index (χ0n) is 34.0. The number of aromatic nitrogens is 5. The molecule has 17 nitrogen and oxygen atoms in total. The van der Waals surface area contributed by atoms with Gasteiger partial charge in [-0.1, -0.05) is 89.0 Å². The highest BCUT2D eigenvalue weighted by Crippen LogP contribution is 2.37. The van der Waals surface area contributed by atoms with Crippen LogP contribution in [0.2, 0.25) is 0 Å². The van der Waals surface area contributed by atoms with Crippen molar-refractivity contribution in [3.63, 3.8) is 0 Å². The van der Waals surface area contributed by atoms with Crippen LogP contribution < -0.4 is 40.2 Å². The van der Waals surface area contributed by atoms with Crippen LogP contribution in [0.5, 0.6) is 34.5 Å². The third kappa shape index (κ3) is 12.9. The van der Waals surface area contributed by atoms with Crippen LogP contribution in [0.1, 0.15) is 0 Å². The number of thiazole rings is 2. The first-order valence-corrected chi connectivity index (χ1v) is 22.2. The number of nitrogens with one attached hydrogen (secondary N) is 5. The normalized spacial score (nSPS) is 10.4. The minimum Gasteiger partial charge on any atom is -0.493 e. The second-order valence-corrected chi connectivity index (χ2v) is 17.2. The van der Waals surface area contributed by atoms with Crippen molar-refractivity contribution in [2.24, 2.45) is 0 Å². The van der Waals surface area contributed by atoms with Gasteiger partial charge < -0.3 is 34.6 Å². The summed E-state index contributed by atoms with van der Waals surface area (Å²) in [6.45, 7) is 0. The number of hydrogen-bond acceptors (Lipinski definition) is 16. The molecule has 0 saturated heterocycles. The quantitative estimate of drug-likeness (QED) is 0.0641. The second kappa shape index (κ2) is 22.6. The Morgan fingerprint density at radius 3 is 1.40 bits per heavy atom. The number of carbonyl (C=O) groups is 4. The Kier molecular flexibility index (Phi) is 15.7. The summed E-state index contributed by atoms with van der Waals surface area (Å²) in [6.07, 6.45) is 8.28. The van der Waals surface area contributed by atoms with Gasteiger partial charge in [-0.15, -0.1) is 0 Å². The third-order valence-electron chi connectivity index (χ3n) is 8.18. The maximum atomic E-state index is 12.5. The number of ether oxygens (including phenoxy) is 4. The molecule has 4 heterocycles. The molecule has 328 valence electrons. The first-order chi connectivity index (χ1) is 31.7. The van der Waals surface area contributed by atoms with E-state index >= 15 is 0 Å². The van der Waals surface area contributed by atoms with Crippen molar-refractivity contribution in [2.45, 2.75) is 18.6 Å². The predicted molar refractivity (Wildman–Crippen MR) is 249 cm³/mol. The Morgan fingerprint density at radius 2 is 0.938 bits per heavy atom. The van der Waals surface area contributed by atoms with E-state index in [2.05, 4.69) is 46.2 Å². The van der Waals surface area contributed by atoms with Gasteiger partial charge in [0, 0.05) is 18.6 Å². The van der Waals surface area contributed by atoms with E-state index in [9.17, 15) is 19.2 Å². The van der Waals surface area contributed by atoms with Crippen LogP contribution >= 0.6 is 46.2 Å². The largest absolute Gasteiger partial charge is 0.493 e. The van der Waals surface area contributed by atoms with Crippen LogP contribution in [0.15, 0.2) is 165 Å². The fourth-order valence-electron chi connectivity index (χ4n) is 5.27. The van der Waals surface area contributed by atoms with Crippen molar-refractivity contribution in [1.29, 1.82) is 0 Å². The molecule has 0 saturated carbocycles. The number of H-pyrrole nitrogens is 1. The first kappa shape index (κ1) is 45.3. The smallest absolute Gasteiger partial charge is 0.315 e. The number of imidazole rings is 1. The number of anilines is 4. The highest BCUT2D eigenvalue weighted by molar-refractivity contribution is 8.01. The molecule has 4 aromatic carbocycles. The maximum absolute atomic E-state index is 12.5. The highest BCUT2D eigenvalue weighted by atomic mass is 32.2. The lowest BCUT2D eigenvalue weighted by Crippen LogP contribution is -2.29. The van der Waals surface area contributed by atoms with Gasteiger partial charge in [-0.05, 0) is 72.4 Å². The minimum absolute atomic E-state index is 0.303. The fourth-order valence-corrected chi connectivity index (χ4v) is 8.77. The minimum atomic E-state index is -0.850. The highest BCUT2D eigenvalue weighted by Gasteiger charge is 2.20. The summed E-state index contributed by atoms with van der Waals surface area (Å²) in [6, 6.07) is 33.5. The molecule has 0 aliphatic heterocycles. The molecule has 5 N–H and O–H groups in total. The van der Waals surface area contributed by atoms with Gasteiger partial charge >= 0.3 is 23.6 Å². The molecule has 4 aromatic heterocycles. The van der Waals surface area contributed by atoms with Crippen LogP contribution in [-0.4, -0.2) is 62.8 Å². The molecule has 65 heavy (non-hydrogen) atoms. The SMILES string of the molecule is COc1ccccc1Oc1ccccc1NC(=O)C(=O)Nc1ncc(Sc2ccccn2)s1.COc1ccccc1Oc1ccccc1NC(=O)C(=O)Nc1ncc(Sc2ncc[nH]2)s1. The molecule has 0 fully saturated rings. The number of benzene rings is 4. The second-order valence-electron chi connectivity index (χ2n) is 12.5. The Bertz CT molecular complexity index is 2880. The third-order valence-corrected chi connectivity index (χ3v) is 12.1. The van der Waals surface area contributed by atoms with Crippen molar-refractivity contribution in [2.75, 3.05) is 35.5 Å². The van der Waals surface area contributed by atoms with E-state index in [-0.39, 0.29) is 0 Å². The summed E-state index contributed by atoms with van der Waals surface area (Å²) in [7, 11) is 3.08. The summed E-state index contributed by atoms with van der Waals surface area (Å²) in [5, 5.41) is 12.3. The van der Waals surface area contributed by atoms with E-state index in [1.165, 1.54) is 53.3 Å². The summed E-state index contributed by atoms with van der Waals surface area (Å²) in [4.78, 5) is 69.4. The molecule has 8 aromatic rings. The van der Waals surface area contributed by atoms with Crippen LogP contribution in [0.3, 0.4) is 0 Å². The van der Waals surface area contributed by atoms with Gasteiger partial charge in [-0.25, -0.2) is 19.9 Å². The van der Waals surface area contributed by atoms with Gasteiger partial charge in [0.25, 0.3) is 0 Å². The molecule has 0 unspecified atom stereocenters. The number of pyridine rings is 1. The van der Waals surface area contributed by atoms with Crippen LogP contribution in [-0.2, 0) is 19.2 Å². The number of hydrogen-bond donors (Lipinski definition) is 5. The van der Waals surface area contributed by atoms with E-state index in [1.54, 1.807) is 123 Å². The number of methoxy groups -OCH3 is 2. The molecular formula is C44H35N9O8S4. The standard InChI is InChI=1S/C23H18N4O4S2.C21H17N5O4S2/c1-30-17-10-4-5-11-18(17)31-16-9-3-2-8-15(16)26-21(28)22(29)27-23-25-14-20(33-23)32-19-12-6-7-13-24-19;1-29-15-8-4-5-9-16(15)30-14-7-3-2-6-13(14)25-18(27)19(28)26-21-24-12-17(32-21)31-20-22-10-11-23-20/h2-14H,1H3,(H,26,28)(H,25,27,29);2-12H,1H3,(H,22,23)(H,25,27)(H,24,26,28). The molecule has 0 aliphatic carbocycles. The average molecular weight is 946 g/mol. The van der Waals surface area contributed by atoms with Gasteiger partial charge in [0.1, 0.15) is 5.03 Å². The monoisotopic (exact) mass is 945 g/mol. The molecule has 0 atom stereocenters. The van der Waals surface area contributed by atoms with E-state index < -0.39 is 23.6 Å². The zero-order chi connectivity index (χ0) is 45.4. The van der Waals surface area contributed by atoms with E-state index in [1.807, 2.05) is 30.3 Å². The molecule has 0 bridgehead atoms. The zero-order valence-corrected chi connectivity index (χ0v) is 37.3. The molecule has 4 amide bonds. The number of amides is 4. The summed E-state index contributed by atoms with van der Waals surface area (Å²) >= 11 is 5.27. The van der Waals surface area contributed by atoms with Gasteiger partial charge in [0.15, 0.2) is 49.9 Å². The molecule has 0 radical (unpaired) electrons. The van der Waals surface area contributed by atoms with E-state index in [0.29, 0.717) is 61.3 Å². The van der Waals surface area contributed by atoms with Crippen molar-refractivity contribution >= 4 is 91.5 Å². The lowest BCUT2D eigenvalue weighted by Gasteiger charge is -2.13. The van der Waals surface area contributed by atoms with Gasteiger partial charge in [-0.2, -0.15) is 0 Å². The number of rotatable bonds is 14. The average Bonchev–Trinajstić information content (AvgIpc) is 4.12. The number of aromatic amines is 1. The van der Waals surface area contributed by atoms with E-state index in [0.717, 1.165) is 13.4 Å². The lowest BCUT2D eigenvalue weighted by atomic mass is 10.2. The Hall–Kier alpha value is -7.72. The van der Waals surface area contributed by atoms with Crippen LogP contribution in [0, 0.1) is 0 Å².